The number of hydrogen-bond acceptors (Lipinski definition) is 5. The van der Waals surface area contributed by atoms with Crippen molar-refractivity contribution in [3.05, 3.63) is 28.2 Å². The Morgan fingerprint density at radius 2 is 2.17 bits per heavy atom. The lowest BCUT2D eigenvalue weighted by Crippen LogP contribution is -2.40. The monoisotopic (exact) mass is 395 g/mol. The number of carbonyl (C=O) groups excluding carboxylic acids is 1. The second kappa shape index (κ2) is 8.49. The van der Waals surface area contributed by atoms with Crippen molar-refractivity contribution in [2.75, 3.05) is 13.2 Å². The van der Waals surface area contributed by atoms with Crippen LogP contribution in [0.2, 0.25) is 10.0 Å². The summed E-state index contributed by atoms with van der Waals surface area (Å²) in [6.07, 6.45) is 1.93. The quantitative estimate of drug-likeness (QED) is 0.800. The maximum Gasteiger partial charge on any atom is 0.265 e. The van der Waals surface area contributed by atoms with E-state index < -0.39 is 22.0 Å². The number of amides is 1. The highest BCUT2D eigenvalue weighted by molar-refractivity contribution is 7.90. The van der Waals surface area contributed by atoms with Gasteiger partial charge in [-0.3, -0.25) is 4.79 Å². The molecule has 0 radical (unpaired) electrons. The Kier molecular flexibility index (Phi) is 6.88. The molecule has 1 saturated heterocycles. The molecular weight excluding hydrogens is 377 g/mol. The lowest BCUT2D eigenvalue weighted by molar-refractivity contribution is -0.133. The first-order chi connectivity index (χ1) is 11.3. The number of halogens is 2. The van der Waals surface area contributed by atoms with Gasteiger partial charge >= 0.3 is 0 Å². The largest absolute Gasteiger partial charge is 0.376 e. The van der Waals surface area contributed by atoms with Crippen LogP contribution >= 0.6 is 23.2 Å². The molecule has 1 heterocycles. The summed E-state index contributed by atoms with van der Waals surface area (Å²) in [5.74, 6) is -0.776. The van der Waals surface area contributed by atoms with Gasteiger partial charge in [-0.05, 0) is 44.4 Å². The van der Waals surface area contributed by atoms with E-state index in [4.69, 9.17) is 32.7 Å². The molecule has 0 bridgehead atoms. The Morgan fingerprint density at radius 1 is 1.42 bits per heavy atom. The summed E-state index contributed by atoms with van der Waals surface area (Å²) >= 11 is 11.7. The van der Waals surface area contributed by atoms with E-state index >= 15 is 0 Å². The number of sulfonamides is 1. The number of nitrogens with one attached hydrogen (secondary N) is 1. The van der Waals surface area contributed by atoms with E-state index in [1.54, 1.807) is 0 Å². The maximum atomic E-state index is 12.3. The van der Waals surface area contributed by atoms with Crippen LogP contribution in [0.1, 0.15) is 26.2 Å². The molecule has 1 fully saturated rings. The molecule has 1 aromatic rings. The van der Waals surface area contributed by atoms with Crippen LogP contribution in [-0.4, -0.2) is 39.7 Å². The molecule has 1 amide bonds. The van der Waals surface area contributed by atoms with Gasteiger partial charge in [0.05, 0.1) is 17.7 Å². The van der Waals surface area contributed by atoms with Gasteiger partial charge in [0.25, 0.3) is 15.9 Å². The lowest BCUT2D eigenvalue weighted by atomic mass is 10.1. The molecule has 1 aromatic carbocycles. The first-order valence-corrected chi connectivity index (χ1v) is 9.78. The first-order valence-electron chi connectivity index (χ1n) is 7.54. The fraction of sp³-hybridized carbons (Fsp3) is 0.533. The zero-order chi connectivity index (χ0) is 17.7. The van der Waals surface area contributed by atoms with Crippen LogP contribution < -0.4 is 4.72 Å². The van der Waals surface area contributed by atoms with E-state index in [1.165, 1.54) is 25.1 Å². The van der Waals surface area contributed by atoms with Crippen LogP contribution in [0.15, 0.2) is 23.1 Å². The van der Waals surface area contributed by atoms with Crippen molar-refractivity contribution >= 4 is 39.1 Å². The van der Waals surface area contributed by atoms with E-state index in [2.05, 4.69) is 0 Å². The van der Waals surface area contributed by atoms with Crippen LogP contribution in [-0.2, 0) is 24.3 Å². The number of benzene rings is 1. The van der Waals surface area contributed by atoms with Crippen LogP contribution in [0, 0.1) is 0 Å². The van der Waals surface area contributed by atoms with Crippen molar-refractivity contribution in [2.24, 2.45) is 0 Å². The molecule has 0 aromatic heterocycles. The molecule has 1 N–H and O–H groups in total. The second-order valence-electron chi connectivity index (χ2n) is 5.51. The van der Waals surface area contributed by atoms with Crippen LogP contribution in [0.5, 0.6) is 0 Å². The maximum absolute atomic E-state index is 12.3. The van der Waals surface area contributed by atoms with Gasteiger partial charge in [-0.15, -0.1) is 0 Å². The summed E-state index contributed by atoms with van der Waals surface area (Å²) in [5.41, 5.74) is 0. The number of ether oxygens (including phenoxy) is 2. The Labute approximate surface area is 151 Å². The molecule has 1 aliphatic rings. The number of rotatable bonds is 6. The van der Waals surface area contributed by atoms with Crippen molar-refractivity contribution < 1.29 is 22.7 Å². The zero-order valence-corrected chi connectivity index (χ0v) is 15.5. The third kappa shape index (κ3) is 5.32. The molecule has 0 saturated carbocycles. The van der Waals surface area contributed by atoms with Gasteiger partial charge in [-0.1, -0.05) is 23.2 Å². The molecule has 24 heavy (non-hydrogen) atoms. The van der Waals surface area contributed by atoms with Gasteiger partial charge in [0.2, 0.25) is 0 Å². The highest BCUT2D eigenvalue weighted by Gasteiger charge is 2.25. The lowest BCUT2D eigenvalue weighted by Gasteiger charge is -2.23. The molecule has 2 atom stereocenters. The van der Waals surface area contributed by atoms with Crippen molar-refractivity contribution in [3.8, 4) is 0 Å². The molecule has 9 heteroatoms. The molecule has 2 rings (SSSR count). The molecule has 2 unspecified atom stereocenters. The minimum Gasteiger partial charge on any atom is -0.376 e. The first kappa shape index (κ1) is 19.5. The molecule has 0 spiro atoms. The summed E-state index contributed by atoms with van der Waals surface area (Å²) in [5, 5.41) is 0.176. The summed E-state index contributed by atoms with van der Waals surface area (Å²) in [6, 6.07) is 3.99. The van der Waals surface area contributed by atoms with Crippen LogP contribution in [0.25, 0.3) is 0 Å². The SMILES string of the molecule is CC(OCC1CCCCO1)C(=O)NS(=O)(=O)c1cc(Cl)ccc1Cl. The Morgan fingerprint density at radius 3 is 2.83 bits per heavy atom. The van der Waals surface area contributed by atoms with E-state index in [1.807, 2.05) is 4.72 Å². The smallest absolute Gasteiger partial charge is 0.265 e. The van der Waals surface area contributed by atoms with Gasteiger partial charge in [-0.2, -0.15) is 0 Å². The van der Waals surface area contributed by atoms with Gasteiger partial charge in [0, 0.05) is 11.6 Å². The van der Waals surface area contributed by atoms with E-state index in [-0.39, 0.29) is 27.7 Å². The molecule has 6 nitrogen and oxygen atoms in total. The summed E-state index contributed by atoms with van der Waals surface area (Å²) in [7, 11) is -4.13. The van der Waals surface area contributed by atoms with Gasteiger partial charge < -0.3 is 9.47 Å². The predicted octanol–water partition coefficient (Wildman–Crippen LogP) is 2.77. The van der Waals surface area contributed by atoms with Crippen molar-refractivity contribution in [1.29, 1.82) is 0 Å². The van der Waals surface area contributed by atoms with Gasteiger partial charge in [0.15, 0.2) is 0 Å². The Hall–Kier alpha value is -0.860. The summed E-state index contributed by atoms with van der Waals surface area (Å²) in [6.45, 7) is 2.40. The molecular formula is C15H19Cl2NO5S. The van der Waals surface area contributed by atoms with Crippen molar-refractivity contribution in [2.45, 2.75) is 43.3 Å². The van der Waals surface area contributed by atoms with Crippen LogP contribution in [0.3, 0.4) is 0 Å². The summed E-state index contributed by atoms with van der Waals surface area (Å²) in [4.78, 5) is 11.8. The molecule has 134 valence electrons. The number of carbonyl (C=O) groups is 1. The fourth-order valence-corrected chi connectivity index (χ4v) is 4.03. The van der Waals surface area contributed by atoms with E-state index in [0.717, 1.165) is 19.3 Å². The Balaban J connectivity index is 1.95. The second-order valence-corrected chi connectivity index (χ2v) is 8.00. The average Bonchev–Trinajstić information content (AvgIpc) is 2.55. The van der Waals surface area contributed by atoms with Gasteiger partial charge in [-0.25, -0.2) is 13.1 Å². The van der Waals surface area contributed by atoms with Crippen LogP contribution in [0.4, 0.5) is 0 Å². The zero-order valence-electron chi connectivity index (χ0n) is 13.1. The number of hydrogen-bond donors (Lipinski definition) is 1. The average molecular weight is 396 g/mol. The van der Waals surface area contributed by atoms with E-state index in [9.17, 15) is 13.2 Å². The third-order valence-electron chi connectivity index (χ3n) is 3.59. The van der Waals surface area contributed by atoms with E-state index in [0.29, 0.717) is 6.61 Å². The standard InChI is InChI=1S/C15H19Cl2NO5S/c1-10(23-9-12-4-2-3-7-22-12)15(19)18-24(20,21)14-8-11(16)5-6-13(14)17/h5-6,8,10,12H,2-4,7,9H2,1H3,(H,18,19). The van der Waals surface area contributed by atoms with Gasteiger partial charge in [0.1, 0.15) is 11.0 Å². The predicted molar refractivity (Wildman–Crippen MR) is 90.8 cm³/mol. The fourth-order valence-electron chi connectivity index (χ4n) is 2.22. The third-order valence-corrected chi connectivity index (χ3v) is 5.66. The normalized spacial score (nSPS) is 19.7. The van der Waals surface area contributed by atoms with Crippen molar-refractivity contribution in [3.63, 3.8) is 0 Å². The highest BCUT2D eigenvalue weighted by atomic mass is 35.5. The molecule has 0 aliphatic carbocycles. The topological polar surface area (TPSA) is 81.7 Å². The summed E-state index contributed by atoms with van der Waals surface area (Å²) < 4.78 is 37.4. The molecule has 1 aliphatic heterocycles. The minimum absolute atomic E-state index is 0.0242. The highest BCUT2D eigenvalue weighted by Crippen LogP contribution is 2.24. The minimum atomic E-state index is -4.13. The van der Waals surface area contributed by atoms with Crippen molar-refractivity contribution in [1.82, 2.24) is 4.72 Å². The Bertz CT molecular complexity index is 689.